The molecule has 5 heteroatoms. The van der Waals surface area contributed by atoms with Gasteiger partial charge in [0, 0.05) is 22.9 Å². The molecule has 0 aromatic carbocycles. The smallest absolute Gasteiger partial charge is 0.275 e. The first kappa shape index (κ1) is 17.3. The summed E-state index contributed by atoms with van der Waals surface area (Å²) in [5.74, 6) is 0.847. The molecule has 2 N–H and O–H groups in total. The number of thiophene rings is 2. The van der Waals surface area contributed by atoms with Crippen molar-refractivity contribution in [3.05, 3.63) is 44.3 Å². The maximum Gasteiger partial charge on any atom is 0.275 e. The van der Waals surface area contributed by atoms with Gasteiger partial charge in [0.2, 0.25) is 0 Å². The normalized spacial score (nSPS) is 29.2. The number of amides is 1. The van der Waals surface area contributed by atoms with Gasteiger partial charge in [0.1, 0.15) is 6.04 Å². The SMILES string of the molecule is C[C@@H]1CCCC[C@@H]1NC(=O)C[NH+]1CCc2sccc2[C@@H]1c1cccs1. The predicted molar refractivity (Wildman–Crippen MR) is 104 cm³/mol. The maximum absolute atomic E-state index is 12.8. The molecule has 2 aromatic heterocycles. The van der Waals surface area contributed by atoms with E-state index in [1.54, 1.807) is 0 Å². The summed E-state index contributed by atoms with van der Waals surface area (Å²) in [7, 11) is 0. The molecule has 0 bridgehead atoms. The lowest BCUT2D eigenvalue weighted by atomic mass is 9.86. The number of hydrogen-bond acceptors (Lipinski definition) is 3. The molecule has 0 spiro atoms. The van der Waals surface area contributed by atoms with Crippen molar-refractivity contribution in [1.82, 2.24) is 5.32 Å². The van der Waals surface area contributed by atoms with Crippen LogP contribution in [-0.2, 0) is 11.2 Å². The van der Waals surface area contributed by atoms with Crippen molar-refractivity contribution in [3.63, 3.8) is 0 Å². The topological polar surface area (TPSA) is 33.5 Å². The lowest BCUT2D eigenvalue weighted by Crippen LogP contribution is -3.14. The largest absolute Gasteiger partial charge is 0.348 e. The van der Waals surface area contributed by atoms with Crippen LogP contribution in [0.4, 0.5) is 0 Å². The zero-order valence-corrected chi connectivity index (χ0v) is 16.4. The number of fused-ring (bicyclic) bond motifs is 1. The average molecular weight is 376 g/mol. The Hall–Kier alpha value is -1.17. The van der Waals surface area contributed by atoms with E-state index in [4.69, 9.17) is 0 Å². The molecular formula is C20H27N2OS2+. The number of nitrogens with one attached hydrogen (secondary N) is 2. The van der Waals surface area contributed by atoms with Crippen LogP contribution in [0.15, 0.2) is 29.0 Å². The number of rotatable bonds is 4. The molecule has 3 nitrogen and oxygen atoms in total. The number of quaternary nitrogens is 1. The Morgan fingerprint density at radius 3 is 2.92 bits per heavy atom. The van der Waals surface area contributed by atoms with E-state index >= 15 is 0 Å². The fourth-order valence-electron chi connectivity index (χ4n) is 4.44. The summed E-state index contributed by atoms with van der Waals surface area (Å²) >= 11 is 3.68. The monoisotopic (exact) mass is 375 g/mol. The Morgan fingerprint density at radius 1 is 1.24 bits per heavy atom. The second-order valence-electron chi connectivity index (χ2n) is 7.52. The predicted octanol–water partition coefficient (Wildman–Crippen LogP) is 3.03. The van der Waals surface area contributed by atoms with Gasteiger partial charge in [0.15, 0.2) is 6.54 Å². The van der Waals surface area contributed by atoms with E-state index < -0.39 is 0 Å². The highest BCUT2D eigenvalue weighted by Crippen LogP contribution is 2.31. The van der Waals surface area contributed by atoms with E-state index in [9.17, 15) is 4.79 Å². The molecule has 0 radical (unpaired) electrons. The first-order valence-electron chi connectivity index (χ1n) is 9.46. The molecule has 0 saturated heterocycles. The third-order valence-electron chi connectivity index (χ3n) is 5.85. The molecular weight excluding hydrogens is 348 g/mol. The van der Waals surface area contributed by atoms with E-state index in [1.807, 2.05) is 22.7 Å². The molecule has 1 saturated carbocycles. The molecule has 1 aliphatic heterocycles. The number of carbonyl (C=O) groups excluding carboxylic acids is 1. The van der Waals surface area contributed by atoms with Crippen LogP contribution in [0.1, 0.15) is 54.0 Å². The Labute approximate surface area is 158 Å². The number of hydrogen-bond donors (Lipinski definition) is 2. The van der Waals surface area contributed by atoms with Gasteiger partial charge in [-0.05, 0) is 41.7 Å². The van der Waals surface area contributed by atoms with Crippen molar-refractivity contribution >= 4 is 28.6 Å². The van der Waals surface area contributed by atoms with Crippen LogP contribution >= 0.6 is 22.7 Å². The standard InChI is InChI=1S/C20H26N2OS2/c1-14-5-2-3-6-16(14)21-19(23)13-22-10-8-17-15(9-12-25-17)20(22)18-7-4-11-24-18/h4,7,9,11-12,14,16,20H,2-3,5-6,8,10,13H2,1H3,(H,21,23)/p+1/t14-,16+,20-/m1/s1. The molecule has 1 fully saturated rings. The van der Waals surface area contributed by atoms with Crippen LogP contribution in [0.2, 0.25) is 0 Å². The molecule has 134 valence electrons. The van der Waals surface area contributed by atoms with E-state index in [0.717, 1.165) is 19.4 Å². The van der Waals surface area contributed by atoms with E-state index in [0.29, 0.717) is 24.5 Å². The van der Waals surface area contributed by atoms with Crippen molar-refractivity contribution in [1.29, 1.82) is 0 Å². The summed E-state index contributed by atoms with van der Waals surface area (Å²) in [6.45, 7) is 3.91. The minimum atomic E-state index is 0.231. The third kappa shape index (κ3) is 3.69. The highest BCUT2D eigenvalue weighted by molar-refractivity contribution is 7.10. The lowest BCUT2D eigenvalue weighted by Gasteiger charge is -2.33. The second kappa shape index (κ2) is 7.60. The number of carbonyl (C=O) groups is 1. The lowest BCUT2D eigenvalue weighted by molar-refractivity contribution is -0.919. The molecule has 1 aliphatic carbocycles. The van der Waals surface area contributed by atoms with Gasteiger partial charge in [0.05, 0.1) is 11.4 Å². The van der Waals surface area contributed by atoms with Gasteiger partial charge in [-0.2, -0.15) is 0 Å². The van der Waals surface area contributed by atoms with Crippen LogP contribution in [0.25, 0.3) is 0 Å². The zero-order valence-electron chi connectivity index (χ0n) is 14.8. The van der Waals surface area contributed by atoms with Crippen molar-refractivity contribution in [3.8, 4) is 0 Å². The van der Waals surface area contributed by atoms with Crippen molar-refractivity contribution in [2.24, 2.45) is 5.92 Å². The molecule has 25 heavy (non-hydrogen) atoms. The van der Waals surface area contributed by atoms with Gasteiger partial charge in [-0.1, -0.05) is 25.8 Å². The average Bonchev–Trinajstić information content (AvgIpc) is 3.28. The van der Waals surface area contributed by atoms with E-state index in [2.05, 4.69) is 41.2 Å². The Balaban J connectivity index is 1.48. The van der Waals surface area contributed by atoms with Gasteiger partial charge in [-0.15, -0.1) is 22.7 Å². The molecule has 1 unspecified atom stereocenters. The third-order valence-corrected chi connectivity index (χ3v) is 7.78. The van der Waals surface area contributed by atoms with Gasteiger partial charge in [0.25, 0.3) is 5.91 Å². The molecule has 1 amide bonds. The van der Waals surface area contributed by atoms with Crippen LogP contribution in [0.3, 0.4) is 0 Å². The highest BCUT2D eigenvalue weighted by atomic mass is 32.1. The highest BCUT2D eigenvalue weighted by Gasteiger charge is 2.35. The van der Waals surface area contributed by atoms with Crippen molar-refractivity contribution < 1.29 is 9.69 Å². The first-order valence-corrected chi connectivity index (χ1v) is 11.2. The summed E-state index contributed by atoms with van der Waals surface area (Å²) in [5.41, 5.74) is 1.44. The van der Waals surface area contributed by atoms with E-state index in [1.165, 1.54) is 39.5 Å². The Morgan fingerprint density at radius 2 is 2.12 bits per heavy atom. The summed E-state index contributed by atoms with van der Waals surface area (Å²) < 4.78 is 0. The van der Waals surface area contributed by atoms with Gasteiger partial charge < -0.3 is 10.2 Å². The minimum absolute atomic E-state index is 0.231. The van der Waals surface area contributed by atoms with E-state index in [-0.39, 0.29) is 5.91 Å². The van der Waals surface area contributed by atoms with Crippen LogP contribution in [-0.4, -0.2) is 25.0 Å². The van der Waals surface area contributed by atoms with Crippen LogP contribution in [0.5, 0.6) is 0 Å². The summed E-state index contributed by atoms with van der Waals surface area (Å²) in [6, 6.07) is 7.32. The first-order chi connectivity index (χ1) is 12.2. The maximum atomic E-state index is 12.8. The van der Waals surface area contributed by atoms with Gasteiger partial charge in [-0.25, -0.2) is 0 Å². The Kier molecular flexibility index (Phi) is 5.25. The molecule has 3 heterocycles. The van der Waals surface area contributed by atoms with Crippen LogP contribution < -0.4 is 10.2 Å². The minimum Gasteiger partial charge on any atom is -0.348 e. The summed E-state index contributed by atoms with van der Waals surface area (Å²) in [6.07, 6.45) is 6.05. The fraction of sp³-hybridized carbons (Fsp3) is 0.550. The molecule has 4 atom stereocenters. The summed E-state index contributed by atoms with van der Waals surface area (Å²) in [4.78, 5) is 17.0. The second-order valence-corrected chi connectivity index (χ2v) is 9.50. The molecule has 4 rings (SSSR count). The zero-order chi connectivity index (χ0) is 17.2. The van der Waals surface area contributed by atoms with Crippen LogP contribution in [0, 0.1) is 5.92 Å². The van der Waals surface area contributed by atoms with Crippen molar-refractivity contribution in [2.75, 3.05) is 13.1 Å². The molecule has 2 aliphatic rings. The fourth-order valence-corrected chi connectivity index (χ4v) is 6.27. The van der Waals surface area contributed by atoms with Gasteiger partial charge in [-0.3, -0.25) is 4.79 Å². The van der Waals surface area contributed by atoms with Crippen molar-refractivity contribution in [2.45, 2.75) is 51.1 Å². The Bertz CT molecular complexity index is 709. The molecule has 2 aromatic rings. The van der Waals surface area contributed by atoms with Gasteiger partial charge >= 0.3 is 0 Å². The quantitative estimate of drug-likeness (QED) is 0.846. The summed E-state index contributed by atoms with van der Waals surface area (Å²) in [5, 5.41) is 7.70.